The van der Waals surface area contributed by atoms with E-state index in [4.69, 9.17) is 12.2 Å². The third kappa shape index (κ3) is 6.25. The molecule has 0 atom stereocenters. The Balaban J connectivity index is 1.51. The van der Waals surface area contributed by atoms with Crippen LogP contribution in [0.1, 0.15) is 4.88 Å². The van der Waals surface area contributed by atoms with Crippen LogP contribution in [0.3, 0.4) is 0 Å². The van der Waals surface area contributed by atoms with E-state index >= 15 is 0 Å². The third-order valence-electron chi connectivity index (χ3n) is 3.34. The molecule has 1 heterocycles. The Morgan fingerprint density at radius 2 is 1.63 bits per heavy atom. The predicted octanol–water partition coefficient (Wildman–Crippen LogP) is 5.69. The van der Waals surface area contributed by atoms with Crippen molar-refractivity contribution in [2.75, 3.05) is 5.32 Å². The van der Waals surface area contributed by atoms with Gasteiger partial charge in [0.25, 0.3) is 0 Å². The van der Waals surface area contributed by atoms with Crippen molar-refractivity contribution in [3.8, 4) is 0 Å². The first-order valence-corrected chi connectivity index (χ1v) is 9.38. The van der Waals surface area contributed by atoms with E-state index < -0.39 is 0 Å². The predicted molar refractivity (Wildman–Crippen MR) is 115 cm³/mol. The van der Waals surface area contributed by atoms with Crippen molar-refractivity contribution >= 4 is 57.7 Å². The molecule has 2 aromatic carbocycles. The zero-order valence-corrected chi connectivity index (χ0v) is 15.8. The summed E-state index contributed by atoms with van der Waals surface area (Å²) >= 11 is 6.72. The summed E-state index contributed by atoms with van der Waals surface area (Å²) in [5, 5.41) is 16.1. The Hall–Kier alpha value is -3.16. The fourth-order valence-electron chi connectivity index (χ4n) is 2.08. The molecule has 1 aromatic heterocycles. The summed E-state index contributed by atoms with van der Waals surface area (Å²) in [4.78, 5) is 12.9. The highest BCUT2D eigenvalue weighted by atomic mass is 32.1. The summed E-state index contributed by atoms with van der Waals surface area (Å²) in [7, 11) is 0. The van der Waals surface area contributed by atoms with Crippen LogP contribution in [-0.4, -0.2) is 11.0 Å². The van der Waals surface area contributed by atoms with Crippen LogP contribution in [0.2, 0.25) is 0 Å². The molecular weight excluding hydrogens is 376 g/mol. The van der Waals surface area contributed by atoms with Crippen molar-refractivity contribution in [3.63, 3.8) is 0 Å². The molecule has 0 radical (unpaired) electrons. The molecule has 0 fully saturated rings. The highest BCUT2D eigenvalue weighted by Gasteiger charge is 2.02. The van der Waals surface area contributed by atoms with Crippen LogP contribution in [0.5, 0.6) is 0 Å². The Kier molecular flexibility index (Phi) is 6.56. The van der Waals surface area contributed by atoms with Crippen molar-refractivity contribution < 1.29 is 4.79 Å². The summed E-state index contributed by atoms with van der Waals surface area (Å²) in [6.07, 6.45) is 3.20. The quantitative estimate of drug-likeness (QED) is 0.333. The van der Waals surface area contributed by atoms with Crippen LogP contribution >= 0.6 is 23.6 Å². The van der Waals surface area contributed by atoms with E-state index in [-0.39, 0.29) is 11.0 Å². The lowest BCUT2D eigenvalue weighted by molar-refractivity contribution is -0.115. The number of rotatable bonds is 5. The molecule has 27 heavy (non-hydrogen) atoms. The van der Waals surface area contributed by atoms with E-state index in [1.807, 2.05) is 72.1 Å². The molecule has 3 rings (SSSR count). The lowest BCUT2D eigenvalue weighted by Crippen LogP contribution is -2.32. The van der Waals surface area contributed by atoms with E-state index in [0.29, 0.717) is 0 Å². The number of azo groups is 1. The molecule has 0 saturated carbocycles. The number of nitrogens with zero attached hydrogens (tertiary/aromatic N) is 2. The molecule has 5 nitrogen and oxygen atoms in total. The second-order valence-electron chi connectivity index (χ2n) is 5.37. The summed E-state index contributed by atoms with van der Waals surface area (Å²) in [5.41, 5.74) is 2.26. The maximum Gasteiger partial charge on any atom is 0.250 e. The van der Waals surface area contributed by atoms with Gasteiger partial charge in [0.15, 0.2) is 5.11 Å². The molecule has 0 unspecified atom stereocenters. The lowest BCUT2D eigenvalue weighted by Gasteiger charge is -2.08. The van der Waals surface area contributed by atoms with Gasteiger partial charge in [0, 0.05) is 16.6 Å². The van der Waals surface area contributed by atoms with Gasteiger partial charge in [-0.2, -0.15) is 10.2 Å². The maximum atomic E-state index is 11.9. The van der Waals surface area contributed by atoms with E-state index in [0.717, 1.165) is 21.9 Å². The van der Waals surface area contributed by atoms with Crippen LogP contribution < -0.4 is 10.6 Å². The lowest BCUT2D eigenvalue weighted by atomic mass is 10.3. The first-order valence-electron chi connectivity index (χ1n) is 8.09. The third-order valence-corrected chi connectivity index (χ3v) is 4.38. The molecule has 2 N–H and O–H groups in total. The summed E-state index contributed by atoms with van der Waals surface area (Å²) in [6.45, 7) is 0. The van der Waals surface area contributed by atoms with E-state index in [2.05, 4.69) is 20.9 Å². The van der Waals surface area contributed by atoms with Gasteiger partial charge in [0.2, 0.25) is 5.91 Å². The molecule has 7 heteroatoms. The molecule has 0 aliphatic heterocycles. The van der Waals surface area contributed by atoms with Crippen molar-refractivity contribution in [3.05, 3.63) is 83.1 Å². The van der Waals surface area contributed by atoms with Crippen LogP contribution in [0.4, 0.5) is 17.1 Å². The maximum absolute atomic E-state index is 11.9. The topological polar surface area (TPSA) is 65.8 Å². The van der Waals surface area contributed by atoms with Gasteiger partial charge < -0.3 is 5.32 Å². The molecular formula is C20H16N4OS2. The standard InChI is InChI=1S/C20H16N4OS2/c25-19(13-12-18-7-4-14-27-18)22-20(26)21-15-8-10-17(11-9-15)24-23-16-5-2-1-3-6-16/h1-14H,(H2,21,22,25,26)/b13-12+,24-23?. The zero-order valence-electron chi connectivity index (χ0n) is 14.2. The fourth-order valence-corrected chi connectivity index (χ4v) is 2.92. The molecule has 0 saturated heterocycles. The van der Waals surface area contributed by atoms with E-state index in [1.165, 1.54) is 6.08 Å². The monoisotopic (exact) mass is 392 g/mol. The number of anilines is 1. The number of thiocarbonyl (C=S) groups is 1. The van der Waals surface area contributed by atoms with E-state index in [1.54, 1.807) is 17.4 Å². The van der Waals surface area contributed by atoms with Crippen molar-refractivity contribution in [2.45, 2.75) is 0 Å². The van der Waals surface area contributed by atoms with Gasteiger partial charge in [-0.15, -0.1) is 11.3 Å². The second-order valence-corrected chi connectivity index (χ2v) is 6.76. The minimum absolute atomic E-state index is 0.231. The van der Waals surface area contributed by atoms with Crippen molar-refractivity contribution in [1.29, 1.82) is 0 Å². The number of hydrogen-bond donors (Lipinski definition) is 2. The van der Waals surface area contributed by atoms with E-state index in [9.17, 15) is 4.79 Å². The molecule has 1 amide bonds. The molecule has 0 aliphatic rings. The fraction of sp³-hybridized carbons (Fsp3) is 0. The summed E-state index contributed by atoms with van der Waals surface area (Å²) in [5.74, 6) is -0.283. The summed E-state index contributed by atoms with van der Waals surface area (Å²) in [6, 6.07) is 20.6. The Morgan fingerprint density at radius 1 is 0.926 bits per heavy atom. The molecule has 3 aromatic rings. The van der Waals surface area contributed by atoms with Gasteiger partial charge in [-0.3, -0.25) is 10.1 Å². The molecule has 0 aliphatic carbocycles. The highest BCUT2D eigenvalue weighted by molar-refractivity contribution is 7.80. The highest BCUT2D eigenvalue weighted by Crippen LogP contribution is 2.20. The summed E-state index contributed by atoms with van der Waals surface area (Å²) < 4.78 is 0. The van der Waals surface area contributed by atoms with Crippen LogP contribution in [0.25, 0.3) is 6.08 Å². The number of nitrogens with one attached hydrogen (secondary N) is 2. The van der Waals surface area contributed by atoms with Crippen molar-refractivity contribution in [1.82, 2.24) is 5.32 Å². The number of hydrogen-bond acceptors (Lipinski definition) is 5. The van der Waals surface area contributed by atoms with Crippen LogP contribution in [0.15, 0.2) is 88.4 Å². The Bertz CT molecular complexity index is 949. The average molecular weight is 393 g/mol. The Labute approximate surface area is 166 Å². The molecule has 134 valence electrons. The van der Waals surface area contributed by atoms with Crippen LogP contribution in [-0.2, 0) is 4.79 Å². The second kappa shape index (κ2) is 9.51. The minimum atomic E-state index is -0.283. The number of carbonyl (C=O) groups excluding carboxylic acids is 1. The molecule has 0 spiro atoms. The van der Waals surface area contributed by atoms with Gasteiger partial charge in [0.05, 0.1) is 11.4 Å². The first kappa shape index (κ1) is 18.6. The van der Waals surface area contributed by atoms with Gasteiger partial charge >= 0.3 is 0 Å². The van der Waals surface area contributed by atoms with Crippen LogP contribution in [0, 0.1) is 0 Å². The largest absolute Gasteiger partial charge is 0.332 e. The first-order chi connectivity index (χ1) is 13.2. The number of thiophene rings is 1. The number of carbonyl (C=O) groups is 1. The SMILES string of the molecule is O=C(/C=C/c1cccs1)NC(=S)Nc1ccc(N=Nc2ccccc2)cc1. The average Bonchev–Trinajstić information content (AvgIpc) is 3.20. The number of amides is 1. The van der Waals surface area contributed by atoms with Gasteiger partial charge in [0.1, 0.15) is 0 Å². The van der Waals surface area contributed by atoms with Gasteiger partial charge in [-0.05, 0) is 66.1 Å². The smallest absolute Gasteiger partial charge is 0.250 e. The zero-order chi connectivity index (χ0) is 18.9. The Morgan fingerprint density at radius 3 is 2.30 bits per heavy atom. The van der Waals surface area contributed by atoms with Gasteiger partial charge in [-0.1, -0.05) is 24.3 Å². The number of benzene rings is 2. The van der Waals surface area contributed by atoms with Gasteiger partial charge in [-0.25, -0.2) is 0 Å². The minimum Gasteiger partial charge on any atom is -0.332 e. The van der Waals surface area contributed by atoms with Crippen molar-refractivity contribution in [2.24, 2.45) is 10.2 Å². The normalized spacial score (nSPS) is 11.0. The molecule has 0 bridgehead atoms.